The molecular weight excluding hydrogens is 419 g/mol. The van der Waals surface area contributed by atoms with E-state index in [2.05, 4.69) is 24.7 Å². The highest BCUT2D eigenvalue weighted by atomic mass is 19.4. The maximum atomic E-state index is 12.7. The number of hydrogen-bond acceptors (Lipinski definition) is 6. The number of halogens is 3. The van der Waals surface area contributed by atoms with Crippen LogP contribution in [0.2, 0.25) is 0 Å². The number of pyridine rings is 1. The molecule has 0 atom stereocenters. The molecule has 2 N–H and O–H groups in total. The van der Waals surface area contributed by atoms with Crippen molar-refractivity contribution in [1.82, 2.24) is 24.5 Å². The molecule has 0 unspecified atom stereocenters. The summed E-state index contributed by atoms with van der Waals surface area (Å²) in [6.45, 7) is 1.80. The van der Waals surface area contributed by atoms with E-state index in [4.69, 9.17) is 4.74 Å². The van der Waals surface area contributed by atoms with E-state index >= 15 is 0 Å². The van der Waals surface area contributed by atoms with Crippen molar-refractivity contribution in [3.8, 4) is 17.5 Å². The molecule has 160 valence electrons. The molecule has 0 bridgehead atoms. The van der Waals surface area contributed by atoms with Gasteiger partial charge >= 0.3 is 18.1 Å². The Morgan fingerprint density at radius 3 is 2.58 bits per heavy atom. The largest absolute Gasteiger partial charge is 0.573 e. The number of ether oxygens (including phenoxy) is 2. The lowest BCUT2D eigenvalue weighted by Gasteiger charge is -2.09. The Balaban J connectivity index is 1.64. The zero-order chi connectivity index (χ0) is 22.2. The number of hydrogen-bond donors (Lipinski definition) is 2. The summed E-state index contributed by atoms with van der Waals surface area (Å²) in [7, 11) is 0. The second kappa shape index (κ2) is 7.63. The molecule has 4 rings (SSSR count). The summed E-state index contributed by atoms with van der Waals surface area (Å²) in [6, 6.07) is 8.09. The predicted molar refractivity (Wildman–Crippen MR) is 102 cm³/mol. The fourth-order valence-corrected chi connectivity index (χ4v) is 2.79. The van der Waals surface area contributed by atoms with Gasteiger partial charge in [-0.05, 0) is 30.7 Å². The topological polar surface area (TPSA) is 115 Å². The molecule has 31 heavy (non-hydrogen) atoms. The van der Waals surface area contributed by atoms with Crippen molar-refractivity contribution in [1.29, 1.82) is 0 Å². The Kier molecular flexibility index (Phi) is 4.97. The summed E-state index contributed by atoms with van der Waals surface area (Å²) in [5, 5.41) is 0. The predicted octanol–water partition coefficient (Wildman–Crippen LogP) is 2.86. The minimum absolute atomic E-state index is 0.0210. The number of aromatic nitrogens is 5. The normalized spacial score (nSPS) is 11.6. The molecule has 0 radical (unpaired) electrons. The second-order valence-corrected chi connectivity index (χ2v) is 6.54. The maximum absolute atomic E-state index is 12.7. The lowest BCUT2D eigenvalue weighted by Crippen LogP contribution is -2.35. The summed E-state index contributed by atoms with van der Waals surface area (Å²) in [6.07, 6.45) is -3.24. The number of alkyl halides is 3. The quantitative estimate of drug-likeness (QED) is 0.500. The van der Waals surface area contributed by atoms with E-state index in [1.54, 1.807) is 18.3 Å². The molecule has 3 heterocycles. The lowest BCUT2D eigenvalue weighted by atomic mass is 10.3. The summed E-state index contributed by atoms with van der Waals surface area (Å²) in [5.74, 6) is -0.505. The number of nitrogens with one attached hydrogen (secondary N) is 2. The Morgan fingerprint density at radius 2 is 1.87 bits per heavy atom. The zero-order valence-electron chi connectivity index (χ0n) is 15.9. The van der Waals surface area contributed by atoms with Gasteiger partial charge < -0.3 is 14.5 Å². The molecule has 12 heteroatoms. The summed E-state index contributed by atoms with van der Waals surface area (Å²) in [5.41, 5.74) is -0.00288. The molecule has 9 nitrogen and oxygen atoms in total. The molecular formula is C19H14F3N5O4. The van der Waals surface area contributed by atoms with E-state index < -0.39 is 23.4 Å². The van der Waals surface area contributed by atoms with Crippen LogP contribution in [0.5, 0.6) is 17.5 Å². The van der Waals surface area contributed by atoms with Crippen molar-refractivity contribution in [3.63, 3.8) is 0 Å². The number of nitrogens with zero attached hydrogens (tertiary/aromatic N) is 3. The molecule has 4 aromatic rings. The number of aryl methyl sites for hydroxylation is 1. The fourth-order valence-electron chi connectivity index (χ4n) is 2.79. The van der Waals surface area contributed by atoms with Crippen molar-refractivity contribution in [3.05, 3.63) is 74.7 Å². The molecule has 0 aliphatic carbocycles. The average molecular weight is 433 g/mol. The van der Waals surface area contributed by atoms with Crippen LogP contribution in [-0.2, 0) is 6.54 Å². The Morgan fingerprint density at radius 1 is 1.10 bits per heavy atom. The molecule has 0 spiro atoms. The second-order valence-electron chi connectivity index (χ2n) is 6.54. The first-order valence-corrected chi connectivity index (χ1v) is 8.86. The first-order chi connectivity index (χ1) is 14.7. The highest BCUT2D eigenvalue weighted by Gasteiger charge is 2.31. The third kappa shape index (κ3) is 4.57. The van der Waals surface area contributed by atoms with Gasteiger partial charge in [0.25, 0.3) is 5.56 Å². The first-order valence-electron chi connectivity index (χ1n) is 8.86. The van der Waals surface area contributed by atoms with Gasteiger partial charge in [-0.3, -0.25) is 19.3 Å². The lowest BCUT2D eigenvalue weighted by molar-refractivity contribution is -0.274. The monoisotopic (exact) mass is 433 g/mol. The highest BCUT2D eigenvalue weighted by Crippen LogP contribution is 2.28. The smallest absolute Gasteiger partial charge is 0.425 e. The van der Waals surface area contributed by atoms with Gasteiger partial charge in [-0.2, -0.15) is 4.98 Å². The number of fused-ring (bicyclic) bond motifs is 1. The van der Waals surface area contributed by atoms with Gasteiger partial charge in [-0.15, -0.1) is 13.2 Å². The number of benzene rings is 1. The molecule has 1 aromatic carbocycles. The SMILES string of the molecule is Cc1ccc(Cn2c(=O)[nH]c3nc(Oc4cccc(OC(F)(F)F)c4)[nH]c3c2=O)nc1. The van der Waals surface area contributed by atoms with Crippen LogP contribution in [0.1, 0.15) is 11.3 Å². The summed E-state index contributed by atoms with van der Waals surface area (Å²) >= 11 is 0. The molecule has 0 saturated carbocycles. The van der Waals surface area contributed by atoms with Crippen molar-refractivity contribution < 1.29 is 22.6 Å². The van der Waals surface area contributed by atoms with Gasteiger partial charge in [0.2, 0.25) is 0 Å². The number of rotatable bonds is 5. The first kappa shape index (κ1) is 20.2. The molecule has 0 amide bonds. The van der Waals surface area contributed by atoms with Crippen LogP contribution in [-0.4, -0.2) is 30.9 Å². The third-order valence-corrected chi connectivity index (χ3v) is 4.16. The van der Waals surface area contributed by atoms with E-state index in [0.717, 1.165) is 22.3 Å². The molecule has 0 saturated heterocycles. The van der Waals surface area contributed by atoms with Crippen LogP contribution < -0.4 is 20.7 Å². The van der Waals surface area contributed by atoms with Crippen molar-refractivity contribution >= 4 is 11.2 Å². The van der Waals surface area contributed by atoms with Gasteiger partial charge in [-0.1, -0.05) is 12.1 Å². The number of H-pyrrole nitrogens is 2. The number of imidazole rings is 1. The highest BCUT2D eigenvalue weighted by molar-refractivity contribution is 5.69. The molecule has 0 aliphatic heterocycles. The van der Waals surface area contributed by atoms with Gasteiger partial charge in [0, 0.05) is 12.3 Å². The van der Waals surface area contributed by atoms with E-state index in [0.29, 0.717) is 5.69 Å². The summed E-state index contributed by atoms with van der Waals surface area (Å²) in [4.78, 5) is 38.3. The van der Waals surface area contributed by atoms with Crippen LogP contribution in [0.3, 0.4) is 0 Å². The van der Waals surface area contributed by atoms with Crippen LogP contribution in [0.15, 0.2) is 52.2 Å². The van der Waals surface area contributed by atoms with E-state index in [1.165, 1.54) is 12.1 Å². The van der Waals surface area contributed by atoms with E-state index in [9.17, 15) is 22.8 Å². The maximum Gasteiger partial charge on any atom is 0.573 e. The van der Waals surface area contributed by atoms with Crippen molar-refractivity contribution in [2.24, 2.45) is 0 Å². The third-order valence-electron chi connectivity index (χ3n) is 4.16. The van der Waals surface area contributed by atoms with Crippen LogP contribution in [0, 0.1) is 6.92 Å². The van der Waals surface area contributed by atoms with Gasteiger partial charge in [0.05, 0.1) is 12.2 Å². The van der Waals surface area contributed by atoms with Gasteiger partial charge in [0.15, 0.2) is 11.2 Å². The van der Waals surface area contributed by atoms with E-state index in [-0.39, 0.29) is 29.5 Å². The zero-order valence-corrected chi connectivity index (χ0v) is 15.9. The van der Waals surface area contributed by atoms with Crippen LogP contribution in [0.25, 0.3) is 11.2 Å². The molecule has 0 fully saturated rings. The Hall–Kier alpha value is -4.09. The number of aromatic amines is 2. The standard InChI is InChI=1S/C19H14F3N5O4/c1-10-5-6-11(23-8-10)9-27-16(28)14-15(26-18(27)29)25-17(24-14)30-12-3-2-4-13(7-12)31-19(20,21)22/h2-8H,9H2,1H3,(H,24,25)(H,26,29). The van der Waals surface area contributed by atoms with Crippen molar-refractivity contribution in [2.45, 2.75) is 19.8 Å². The minimum atomic E-state index is -4.85. The van der Waals surface area contributed by atoms with E-state index in [1.807, 2.05) is 6.92 Å². The van der Waals surface area contributed by atoms with Crippen molar-refractivity contribution in [2.75, 3.05) is 0 Å². The van der Waals surface area contributed by atoms with Gasteiger partial charge in [-0.25, -0.2) is 4.79 Å². The average Bonchev–Trinajstić information content (AvgIpc) is 3.08. The van der Waals surface area contributed by atoms with Gasteiger partial charge in [0.1, 0.15) is 11.5 Å². The Labute approximate surface area is 171 Å². The minimum Gasteiger partial charge on any atom is -0.425 e. The molecule has 0 aliphatic rings. The Bertz CT molecular complexity index is 1360. The van der Waals surface area contributed by atoms with Crippen LogP contribution >= 0.6 is 0 Å². The molecule has 3 aromatic heterocycles. The van der Waals surface area contributed by atoms with Crippen LogP contribution in [0.4, 0.5) is 13.2 Å². The fraction of sp³-hybridized carbons (Fsp3) is 0.158. The summed E-state index contributed by atoms with van der Waals surface area (Å²) < 4.78 is 47.3.